The highest BCUT2D eigenvalue weighted by Crippen LogP contribution is 2.36. The summed E-state index contributed by atoms with van der Waals surface area (Å²) < 4.78 is 19.8. The molecule has 2 aliphatic rings. The van der Waals surface area contributed by atoms with Crippen LogP contribution in [0.1, 0.15) is 25.7 Å². The smallest absolute Gasteiger partial charge is 0.131 e. The molecular weight excluding hydrogens is 441 g/mol. The lowest BCUT2D eigenvalue weighted by molar-refractivity contribution is 0.191. The number of ether oxygens (including phenoxy) is 1. The van der Waals surface area contributed by atoms with E-state index in [2.05, 4.69) is 27.0 Å². The van der Waals surface area contributed by atoms with Gasteiger partial charge in [-0.15, -0.1) is 0 Å². The van der Waals surface area contributed by atoms with E-state index in [1.54, 1.807) is 25.4 Å². The Balaban J connectivity index is 1.41. The third-order valence-corrected chi connectivity index (χ3v) is 6.59. The van der Waals surface area contributed by atoms with E-state index in [4.69, 9.17) is 16.3 Å². The largest absolute Gasteiger partial charge is 0.383 e. The van der Waals surface area contributed by atoms with Crippen LogP contribution in [-0.2, 0) is 4.74 Å². The fraction of sp³-hybridized carbons (Fsp3) is 0.440. The summed E-state index contributed by atoms with van der Waals surface area (Å²) in [4.78, 5) is 4.42. The SMILES string of the molecule is COCCNC1CCC(Nc2cc(-c3cc(NCC4(C#N)C=C4)ccc3F)c(Cl)cn2)CC1. The molecule has 0 unspecified atom stereocenters. The zero-order valence-corrected chi connectivity index (χ0v) is 19.5. The van der Waals surface area contributed by atoms with E-state index in [0.29, 0.717) is 40.6 Å². The first-order chi connectivity index (χ1) is 16.0. The van der Waals surface area contributed by atoms with Crippen molar-refractivity contribution in [2.45, 2.75) is 37.8 Å². The van der Waals surface area contributed by atoms with Gasteiger partial charge in [0.15, 0.2) is 0 Å². The first kappa shape index (κ1) is 23.5. The first-order valence-electron chi connectivity index (χ1n) is 11.3. The number of nitrogens with zero attached hydrogens (tertiary/aromatic N) is 2. The molecule has 0 atom stereocenters. The van der Waals surface area contributed by atoms with Crippen LogP contribution >= 0.6 is 11.6 Å². The van der Waals surface area contributed by atoms with Crippen molar-refractivity contribution < 1.29 is 9.13 Å². The van der Waals surface area contributed by atoms with Crippen LogP contribution in [-0.4, -0.2) is 43.9 Å². The van der Waals surface area contributed by atoms with Crippen LogP contribution in [0.4, 0.5) is 15.9 Å². The highest BCUT2D eigenvalue weighted by molar-refractivity contribution is 6.33. The van der Waals surface area contributed by atoms with E-state index in [1.807, 2.05) is 18.2 Å². The number of hydrogen-bond donors (Lipinski definition) is 3. The number of methoxy groups -OCH3 is 1. The summed E-state index contributed by atoms with van der Waals surface area (Å²) in [5.74, 6) is 0.329. The van der Waals surface area contributed by atoms with Crippen molar-refractivity contribution in [1.82, 2.24) is 10.3 Å². The maximum Gasteiger partial charge on any atom is 0.131 e. The second-order valence-electron chi connectivity index (χ2n) is 8.72. The number of anilines is 2. The summed E-state index contributed by atoms with van der Waals surface area (Å²) >= 11 is 6.41. The molecule has 1 fully saturated rings. The van der Waals surface area contributed by atoms with Crippen LogP contribution < -0.4 is 16.0 Å². The number of nitrogens with one attached hydrogen (secondary N) is 3. The molecule has 0 radical (unpaired) electrons. The maximum atomic E-state index is 14.7. The zero-order valence-electron chi connectivity index (χ0n) is 18.7. The second kappa shape index (κ2) is 10.5. The molecule has 4 rings (SSSR count). The molecule has 6 nitrogen and oxygen atoms in total. The van der Waals surface area contributed by atoms with Gasteiger partial charge in [-0.3, -0.25) is 0 Å². The molecule has 1 aromatic heterocycles. The van der Waals surface area contributed by atoms with E-state index in [-0.39, 0.29) is 5.82 Å². The van der Waals surface area contributed by atoms with Crippen molar-refractivity contribution in [2.24, 2.45) is 5.41 Å². The number of hydrogen-bond acceptors (Lipinski definition) is 6. The van der Waals surface area contributed by atoms with Gasteiger partial charge >= 0.3 is 0 Å². The number of halogens is 2. The van der Waals surface area contributed by atoms with Gasteiger partial charge in [0.2, 0.25) is 0 Å². The molecule has 0 amide bonds. The predicted octanol–water partition coefficient (Wildman–Crippen LogP) is 4.99. The molecule has 3 N–H and O–H groups in total. The standard InChI is InChI=1S/C25H29ClFN5O/c1-33-11-10-29-17-2-4-18(5-3-17)32-24-13-20(22(26)14-30-24)21-12-19(6-7-23(21)27)31-16-25(15-28)8-9-25/h6-9,12-14,17-18,29,31H,2-5,10-11,16H2,1H3,(H,30,32). The lowest BCUT2D eigenvalue weighted by Gasteiger charge is -2.30. The summed E-state index contributed by atoms with van der Waals surface area (Å²) in [5.41, 5.74) is 1.19. The van der Waals surface area contributed by atoms with Crippen molar-refractivity contribution in [3.63, 3.8) is 0 Å². The minimum Gasteiger partial charge on any atom is -0.383 e. The summed E-state index contributed by atoms with van der Waals surface area (Å²) in [6, 6.07) is 9.71. The highest BCUT2D eigenvalue weighted by Gasteiger charge is 2.33. The van der Waals surface area contributed by atoms with Gasteiger partial charge in [-0.05, 0) is 49.9 Å². The van der Waals surface area contributed by atoms with Gasteiger partial charge in [-0.2, -0.15) is 5.26 Å². The van der Waals surface area contributed by atoms with Gasteiger partial charge in [0.05, 0.1) is 17.7 Å². The molecule has 2 aliphatic carbocycles. The average molecular weight is 470 g/mol. The number of benzene rings is 1. The van der Waals surface area contributed by atoms with Crippen molar-refractivity contribution in [2.75, 3.05) is 37.4 Å². The number of rotatable bonds is 10. The second-order valence-corrected chi connectivity index (χ2v) is 9.13. The zero-order chi connectivity index (χ0) is 23.3. The van der Waals surface area contributed by atoms with Crippen LogP contribution in [0.2, 0.25) is 5.02 Å². The summed E-state index contributed by atoms with van der Waals surface area (Å²) in [5, 5.41) is 19.9. The maximum absolute atomic E-state index is 14.7. The Morgan fingerprint density at radius 3 is 2.64 bits per heavy atom. The Morgan fingerprint density at radius 2 is 1.94 bits per heavy atom. The van der Waals surface area contributed by atoms with E-state index < -0.39 is 5.41 Å². The highest BCUT2D eigenvalue weighted by atomic mass is 35.5. The van der Waals surface area contributed by atoms with Gasteiger partial charge in [-0.1, -0.05) is 23.8 Å². The Bertz CT molecular complexity index is 1040. The van der Waals surface area contributed by atoms with Gasteiger partial charge in [0, 0.05) is 55.3 Å². The van der Waals surface area contributed by atoms with Crippen LogP contribution in [0.25, 0.3) is 11.1 Å². The normalized spacial score (nSPS) is 20.8. The Morgan fingerprint density at radius 1 is 1.18 bits per heavy atom. The number of pyridine rings is 1. The van der Waals surface area contributed by atoms with Gasteiger partial charge < -0.3 is 20.7 Å². The van der Waals surface area contributed by atoms with Crippen molar-refractivity contribution in [1.29, 1.82) is 5.26 Å². The van der Waals surface area contributed by atoms with Crippen LogP contribution in [0.5, 0.6) is 0 Å². The Hall–Kier alpha value is -2.66. The third kappa shape index (κ3) is 6.02. The molecule has 8 heteroatoms. The summed E-state index contributed by atoms with van der Waals surface area (Å²) in [7, 11) is 1.71. The molecule has 1 saturated carbocycles. The lowest BCUT2D eigenvalue weighted by atomic mass is 9.91. The van der Waals surface area contributed by atoms with Crippen LogP contribution in [0, 0.1) is 22.6 Å². The van der Waals surface area contributed by atoms with Crippen LogP contribution in [0.15, 0.2) is 42.6 Å². The molecule has 0 aliphatic heterocycles. The topological polar surface area (TPSA) is 82.0 Å². The van der Waals surface area contributed by atoms with Gasteiger partial charge in [0.1, 0.15) is 17.1 Å². The Labute approximate surface area is 199 Å². The van der Waals surface area contributed by atoms with E-state index in [1.165, 1.54) is 6.07 Å². The Kier molecular flexibility index (Phi) is 7.49. The van der Waals surface area contributed by atoms with Gasteiger partial charge in [0.25, 0.3) is 0 Å². The van der Waals surface area contributed by atoms with Crippen molar-refractivity contribution in [3.8, 4) is 17.2 Å². The van der Waals surface area contributed by atoms with Gasteiger partial charge in [-0.25, -0.2) is 9.37 Å². The predicted molar refractivity (Wildman–Crippen MR) is 130 cm³/mol. The monoisotopic (exact) mass is 469 g/mol. The summed E-state index contributed by atoms with van der Waals surface area (Å²) in [6.45, 7) is 2.04. The molecule has 0 saturated heterocycles. The quantitative estimate of drug-likeness (QED) is 0.336. The summed E-state index contributed by atoms with van der Waals surface area (Å²) in [6.07, 6.45) is 9.51. The molecule has 174 valence electrons. The molecule has 1 heterocycles. The van der Waals surface area contributed by atoms with Crippen molar-refractivity contribution >= 4 is 23.1 Å². The fourth-order valence-electron chi connectivity index (χ4n) is 4.16. The first-order valence-corrected chi connectivity index (χ1v) is 11.7. The molecule has 1 aromatic carbocycles. The fourth-order valence-corrected chi connectivity index (χ4v) is 4.37. The van der Waals surface area contributed by atoms with Crippen LogP contribution in [0.3, 0.4) is 0 Å². The average Bonchev–Trinajstić information content (AvgIpc) is 3.62. The molecule has 2 aromatic rings. The molecular formula is C25H29ClFN5O. The van der Waals surface area contributed by atoms with E-state index in [9.17, 15) is 9.65 Å². The molecule has 0 bridgehead atoms. The van der Waals surface area contributed by atoms with E-state index in [0.717, 1.165) is 44.5 Å². The van der Waals surface area contributed by atoms with E-state index >= 15 is 0 Å². The molecule has 0 spiro atoms. The van der Waals surface area contributed by atoms with Crippen molar-refractivity contribution in [3.05, 3.63) is 53.5 Å². The number of nitriles is 1. The minimum atomic E-state index is -0.530. The third-order valence-electron chi connectivity index (χ3n) is 6.29. The lowest BCUT2D eigenvalue weighted by Crippen LogP contribution is -2.38. The minimum absolute atomic E-state index is 0.318. The molecule has 33 heavy (non-hydrogen) atoms. The number of aromatic nitrogens is 1.